The maximum Gasteiger partial charge on any atom is 0.242 e. The number of likely N-dealkylation sites (tertiary alicyclic amines) is 1. The Balaban J connectivity index is 1.51. The summed E-state index contributed by atoms with van der Waals surface area (Å²) in [6, 6.07) is 4.94. The molecule has 1 N–H and O–H groups in total. The van der Waals surface area contributed by atoms with Crippen LogP contribution in [-0.2, 0) is 9.59 Å². The molecule has 3 aliphatic rings. The van der Waals surface area contributed by atoms with Gasteiger partial charge in [-0.3, -0.25) is 14.4 Å². The fourth-order valence-electron chi connectivity index (χ4n) is 4.03. The minimum Gasteiger partial charge on any atom is -0.497 e. The van der Waals surface area contributed by atoms with Crippen LogP contribution in [-0.4, -0.2) is 53.8 Å². The van der Waals surface area contributed by atoms with Gasteiger partial charge in [-0.25, -0.2) is 0 Å². The number of hydrogen-bond donors (Lipinski definition) is 1. The average Bonchev–Trinajstić information content (AvgIpc) is 3.50. The zero-order valence-electron chi connectivity index (χ0n) is 16.3. The number of rotatable bonds is 4. The van der Waals surface area contributed by atoms with E-state index in [0.29, 0.717) is 36.4 Å². The van der Waals surface area contributed by atoms with Gasteiger partial charge >= 0.3 is 0 Å². The highest BCUT2D eigenvalue weighted by Crippen LogP contribution is 2.41. The highest BCUT2D eigenvalue weighted by atomic mass is 16.5. The van der Waals surface area contributed by atoms with E-state index in [1.165, 1.54) is 0 Å². The van der Waals surface area contributed by atoms with Gasteiger partial charge in [0.15, 0.2) is 5.78 Å². The summed E-state index contributed by atoms with van der Waals surface area (Å²) in [7, 11) is 1.57. The van der Waals surface area contributed by atoms with Crippen LogP contribution in [0.25, 0.3) is 0 Å². The summed E-state index contributed by atoms with van der Waals surface area (Å²) in [5.41, 5.74) is -0.163. The molecule has 2 fully saturated rings. The zero-order valence-corrected chi connectivity index (χ0v) is 16.3. The smallest absolute Gasteiger partial charge is 0.242 e. The van der Waals surface area contributed by atoms with Crippen molar-refractivity contribution in [2.45, 2.75) is 63.1 Å². The van der Waals surface area contributed by atoms with E-state index in [0.717, 1.165) is 12.8 Å². The predicted octanol–water partition coefficient (Wildman–Crippen LogP) is 2.08. The van der Waals surface area contributed by atoms with Gasteiger partial charge in [-0.1, -0.05) is 0 Å². The molecular weight excluding hydrogens is 360 g/mol. The van der Waals surface area contributed by atoms with Gasteiger partial charge in [-0.15, -0.1) is 0 Å². The molecule has 0 radical (unpaired) electrons. The minimum absolute atomic E-state index is 0.0179. The molecule has 0 aromatic heterocycles. The molecular formula is C21H26N2O5. The van der Waals surface area contributed by atoms with Crippen molar-refractivity contribution in [2.75, 3.05) is 13.7 Å². The molecule has 150 valence electrons. The molecule has 1 aliphatic carbocycles. The second-order valence-electron chi connectivity index (χ2n) is 8.04. The van der Waals surface area contributed by atoms with E-state index in [2.05, 4.69) is 5.32 Å². The molecule has 7 heteroatoms. The minimum atomic E-state index is -0.715. The summed E-state index contributed by atoms with van der Waals surface area (Å²) in [5.74, 6) is 0.978. The van der Waals surface area contributed by atoms with E-state index in [1.54, 1.807) is 37.1 Å². The van der Waals surface area contributed by atoms with E-state index in [4.69, 9.17) is 9.47 Å². The second kappa shape index (κ2) is 7.11. The third-order valence-corrected chi connectivity index (χ3v) is 5.99. The van der Waals surface area contributed by atoms with Gasteiger partial charge in [0.1, 0.15) is 23.1 Å². The second-order valence-corrected chi connectivity index (χ2v) is 8.04. The number of nitrogens with zero attached hydrogens (tertiary/aromatic N) is 1. The molecule has 1 saturated heterocycles. The van der Waals surface area contributed by atoms with Crippen molar-refractivity contribution in [2.24, 2.45) is 0 Å². The van der Waals surface area contributed by atoms with Crippen LogP contribution in [0.5, 0.6) is 11.5 Å². The maximum absolute atomic E-state index is 12.7. The summed E-state index contributed by atoms with van der Waals surface area (Å²) in [6.45, 7) is 2.16. The molecule has 1 aromatic carbocycles. The number of nitrogens with one attached hydrogen (secondary N) is 1. The Hall–Kier alpha value is -2.57. The van der Waals surface area contributed by atoms with E-state index in [9.17, 15) is 14.4 Å². The lowest BCUT2D eigenvalue weighted by atomic mass is 9.84. The third kappa shape index (κ3) is 3.57. The molecule has 1 spiro atoms. The van der Waals surface area contributed by atoms with E-state index < -0.39 is 11.6 Å². The van der Waals surface area contributed by atoms with Gasteiger partial charge in [0, 0.05) is 31.5 Å². The van der Waals surface area contributed by atoms with Gasteiger partial charge in [0.25, 0.3) is 0 Å². The number of methoxy groups -OCH3 is 1. The fraction of sp³-hybridized carbons (Fsp3) is 0.571. The Bertz CT molecular complexity index is 819. The number of carbonyl (C=O) groups excluding carboxylic acids is 3. The standard InChI is InChI=1S/C21H26N2O5/c1-13(20(26)22-14-3-4-14)23-10-9-21(8-7-19(23)25)12-17(24)16-6-5-15(27-2)11-18(16)28-21/h5-6,11,13-14H,3-4,7-10,12H2,1-2H3,(H,22,26)/t13-,21-/m0/s1. The molecule has 2 atom stereocenters. The number of fused-ring (bicyclic) bond motifs is 1. The number of Topliss-reactive ketones (excluding diaryl/α,β-unsaturated/α-hetero) is 1. The molecule has 2 amide bonds. The lowest BCUT2D eigenvalue weighted by Gasteiger charge is -2.37. The molecule has 4 rings (SSSR count). The summed E-state index contributed by atoms with van der Waals surface area (Å²) in [6.07, 6.45) is 3.50. The van der Waals surface area contributed by atoms with Crippen molar-refractivity contribution in [1.82, 2.24) is 10.2 Å². The predicted molar refractivity (Wildman–Crippen MR) is 101 cm³/mol. The molecule has 28 heavy (non-hydrogen) atoms. The van der Waals surface area contributed by atoms with E-state index in [1.807, 2.05) is 0 Å². The van der Waals surface area contributed by atoms with Gasteiger partial charge in [-0.05, 0) is 38.3 Å². The SMILES string of the molecule is COc1ccc2c(c1)O[C@]1(CCC(=O)N([C@@H](C)C(=O)NC3CC3)CC1)CC2=O. The third-order valence-electron chi connectivity index (χ3n) is 5.99. The van der Waals surface area contributed by atoms with E-state index in [-0.39, 0.29) is 36.5 Å². The number of ketones is 1. The van der Waals surface area contributed by atoms with Crippen LogP contribution in [0.3, 0.4) is 0 Å². The molecule has 0 bridgehead atoms. The first-order chi connectivity index (χ1) is 13.4. The molecule has 1 aromatic rings. The summed E-state index contributed by atoms with van der Waals surface area (Å²) < 4.78 is 11.5. The normalized spacial score (nSPS) is 25.6. The first-order valence-corrected chi connectivity index (χ1v) is 9.91. The van der Waals surface area contributed by atoms with Crippen LogP contribution in [0.1, 0.15) is 55.8 Å². The monoisotopic (exact) mass is 386 g/mol. The van der Waals surface area contributed by atoms with Crippen molar-refractivity contribution in [1.29, 1.82) is 0 Å². The highest BCUT2D eigenvalue weighted by molar-refractivity contribution is 6.00. The average molecular weight is 386 g/mol. The Morgan fingerprint density at radius 3 is 2.82 bits per heavy atom. The van der Waals surface area contributed by atoms with Crippen LogP contribution < -0.4 is 14.8 Å². The van der Waals surface area contributed by atoms with Gasteiger partial charge in [0.05, 0.1) is 19.1 Å². The Morgan fingerprint density at radius 1 is 1.32 bits per heavy atom. The molecule has 1 saturated carbocycles. The lowest BCUT2D eigenvalue weighted by molar-refractivity contribution is -0.139. The summed E-state index contributed by atoms with van der Waals surface area (Å²) >= 11 is 0. The number of benzene rings is 1. The van der Waals surface area contributed by atoms with Crippen molar-refractivity contribution in [3.63, 3.8) is 0 Å². The van der Waals surface area contributed by atoms with Gasteiger partial charge in [0.2, 0.25) is 11.8 Å². The van der Waals surface area contributed by atoms with Crippen molar-refractivity contribution >= 4 is 17.6 Å². The van der Waals surface area contributed by atoms with Crippen LogP contribution >= 0.6 is 0 Å². The first-order valence-electron chi connectivity index (χ1n) is 9.91. The summed E-state index contributed by atoms with van der Waals surface area (Å²) in [4.78, 5) is 39.4. The number of amides is 2. The Kier molecular flexibility index (Phi) is 4.77. The topological polar surface area (TPSA) is 84.9 Å². The molecule has 0 unspecified atom stereocenters. The number of ether oxygens (including phenoxy) is 2. The highest BCUT2D eigenvalue weighted by Gasteiger charge is 2.44. The Morgan fingerprint density at radius 2 is 2.11 bits per heavy atom. The van der Waals surface area contributed by atoms with Crippen molar-refractivity contribution in [3.05, 3.63) is 23.8 Å². The number of hydrogen-bond acceptors (Lipinski definition) is 5. The van der Waals surface area contributed by atoms with Crippen LogP contribution in [0.2, 0.25) is 0 Å². The quantitative estimate of drug-likeness (QED) is 0.856. The zero-order chi connectivity index (χ0) is 19.9. The Labute approximate surface area is 164 Å². The number of carbonyl (C=O) groups is 3. The van der Waals surface area contributed by atoms with Crippen LogP contribution in [0, 0.1) is 0 Å². The summed E-state index contributed by atoms with van der Waals surface area (Å²) in [5, 5.41) is 2.96. The fourth-order valence-corrected chi connectivity index (χ4v) is 4.03. The first kappa shape index (κ1) is 18.8. The molecule has 2 aliphatic heterocycles. The van der Waals surface area contributed by atoms with Gasteiger partial charge in [-0.2, -0.15) is 0 Å². The molecule has 2 heterocycles. The van der Waals surface area contributed by atoms with Crippen molar-refractivity contribution < 1.29 is 23.9 Å². The van der Waals surface area contributed by atoms with Gasteiger partial charge < -0.3 is 19.7 Å². The van der Waals surface area contributed by atoms with Crippen LogP contribution in [0.15, 0.2) is 18.2 Å². The van der Waals surface area contributed by atoms with Crippen LogP contribution in [0.4, 0.5) is 0 Å². The molecule has 7 nitrogen and oxygen atoms in total. The largest absolute Gasteiger partial charge is 0.497 e. The maximum atomic E-state index is 12.7. The van der Waals surface area contributed by atoms with Crippen molar-refractivity contribution in [3.8, 4) is 11.5 Å². The lowest BCUT2D eigenvalue weighted by Crippen LogP contribution is -2.49. The van der Waals surface area contributed by atoms with E-state index >= 15 is 0 Å².